The Balaban J connectivity index is 2.68. The molecule has 0 fully saturated rings. The van der Waals surface area contributed by atoms with Crippen LogP contribution in [0.4, 0.5) is 0 Å². The smallest absolute Gasteiger partial charge is 0.161 e. The fraction of sp³-hybridized carbons (Fsp3) is 0.571. The van der Waals surface area contributed by atoms with Crippen LogP contribution in [0.15, 0.2) is 18.2 Å². The summed E-state index contributed by atoms with van der Waals surface area (Å²) in [5, 5.41) is 3.21. The SMILES string of the molecule is CCSCCOc1ccc(C(C)NC)cc1OC. The first-order valence-electron chi connectivity index (χ1n) is 6.28. The van der Waals surface area contributed by atoms with Crippen molar-refractivity contribution in [1.82, 2.24) is 5.32 Å². The van der Waals surface area contributed by atoms with Crippen LogP contribution in [0.1, 0.15) is 25.5 Å². The number of hydrogen-bond donors (Lipinski definition) is 1. The largest absolute Gasteiger partial charge is 0.493 e. The molecule has 0 aliphatic rings. The Morgan fingerprint density at radius 1 is 1.33 bits per heavy atom. The molecule has 1 N–H and O–H groups in total. The Hall–Kier alpha value is -0.870. The maximum Gasteiger partial charge on any atom is 0.161 e. The second-order valence-corrected chi connectivity index (χ2v) is 5.36. The molecule has 4 heteroatoms. The summed E-state index contributed by atoms with van der Waals surface area (Å²) in [6.45, 7) is 4.99. The van der Waals surface area contributed by atoms with E-state index in [0.717, 1.165) is 29.6 Å². The first-order chi connectivity index (χ1) is 8.72. The van der Waals surface area contributed by atoms with Crippen molar-refractivity contribution in [3.8, 4) is 11.5 Å². The molecule has 0 aliphatic carbocycles. The molecule has 102 valence electrons. The summed E-state index contributed by atoms with van der Waals surface area (Å²) in [4.78, 5) is 0. The molecular weight excluding hydrogens is 246 g/mol. The third-order valence-electron chi connectivity index (χ3n) is 2.81. The predicted molar refractivity (Wildman–Crippen MR) is 79.0 cm³/mol. The highest BCUT2D eigenvalue weighted by atomic mass is 32.2. The van der Waals surface area contributed by atoms with Gasteiger partial charge in [0, 0.05) is 11.8 Å². The zero-order valence-electron chi connectivity index (χ0n) is 11.7. The highest BCUT2D eigenvalue weighted by Gasteiger charge is 2.09. The van der Waals surface area contributed by atoms with Crippen molar-refractivity contribution in [3.63, 3.8) is 0 Å². The Morgan fingerprint density at radius 3 is 2.72 bits per heavy atom. The van der Waals surface area contributed by atoms with Gasteiger partial charge in [-0.15, -0.1) is 0 Å². The van der Waals surface area contributed by atoms with Crippen LogP contribution in [0.5, 0.6) is 11.5 Å². The topological polar surface area (TPSA) is 30.5 Å². The van der Waals surface area contributed by atoms with E-state index in [9.17, 15) is 0 Å². The molecule has 18 heavy (non-hydrogen) atoms. The van der Waals surface area contributed by atoms with Gasteiger partial charge < -0.3 is 14.8 Å². The minimum absolute atomic E-state index is 0.309. The quantitative estimate of drug-likeness (QED) is 0.735. The second-order valence-electron chi connectivity index (χ2n) is 3.97. The summed E-state index contributed by atoms with van der Waals surface area (Å²) in [5.74, 6) is 3.75. The third-order valence-corrected chi connectivity index (χ3v) is 3.67. The molecule has 1 atom stereocenters. The van der Waals surface area contributed by atoms with Crippen molar-refractivity contribution in [2.75, 3.05) is 32.3 Å². The highest BCUT2D eigenvalue weighted by molar-refractivity contribution is 7.99. The lowest BCUT2D eigenvalue weighted by atomic mass is 10.1. The van der Waals surface area contributed by atoms with E-state index < -0.39 is 0 Å². The molecule has 0 amide bonds. The van der Waals surface area contributed by atoms with E-state index in [1.54, 1.807) is 7.11 Å². The predicted octanol–water partition coefficient (Wildman–Crippen LogP) is 3.11. The Labute approximate surface area is 114 Å². The van der Waals surface area contributed by atoms with Gasteiger partial charge in [-0.1, -0.05) is 13.0 Å². The van der Waals surface area contributed by atoms with E-state index in [1.165, 1.54) is 5.56 Å². The van der Waals surface area contributed by atoms with Crippen LogP contribution in [0.3, 0.4) is 0 Å². The lowest BCUT2D eigenvalue weighted by molar-refractivity contribution is 0.313. The summed E-state index contributed by atoms with van der Waals surface area (Å²) in [6.07, 6.45) is 0. The van der Waals surface area contributed by atoms with Gasteiger partial charge in [0.2, 0.25) is 0 Å². The van der Waals surface area contributed by atoms with Gasteiger partial charge in [0.25, 0.3) is 0 Å². The first-order valence-corrected chi connectivity index (χ1v) is 7.44. The number of hydrogen-bond acceptors (Lipinski definition) is 4. The van der Waals surface area contributed by atoms with E-state index >= 15 is 0 Å². The number of thioether (sulfide) groups is 1. The third kappa shape index (κ3) is 4.42. The van der Waals surface area contributed by atoms with Crippen LogP contribution < -0.4 is 14.8 Å². The summed E-state index contributed by atoms with van der Waals surface area (Å²) < 4.78 is 11.1. The first kappa shape index (κ1) is 15.2. The molecule has 0 saturated heterocycles. The van der Waals surface area contributed by atoms with E-state index in [0.29, 0.717) is 6.04 Å². The van der Waals surface area contributed by atoms with Crippen LogP contribution in [-0.4, -0.2) is 32.3 Å². The molecule has 1 aromatic rings. The van der Waals surface area contributed by atoms with E-state index in [1.807, 2.05) is 30.9 Å². The summed E-state index contributed by atoms with van der Waals surface area (Å²) in [7, 11) is 3.63. The number of nitrogens with one attached hydrogen (secondary N) is 1. The molecule has 3 nitrogen and oxygen atoms in total. The van der Waals surface area contributed by atoms with Crippen molar-refractivity contribution in [3.05, 3.63) is 23.8 Å². The second kappa shape index (κ2) is 8.27. The van der Waals surface area contributed by atoms with Crippen molar-refractivity contribution < 1.29 is 9.47 Å². The van der Waals surface area contributed by atoms with Crippen LogP contribution in [0, 0.1) is 0 Å². The minimum Gasteiger partial charge on any atom is -0.493 e. The summed E-state index contributed by atoms with van der Waals surface area (Å²) >= 11 is 1.88. The van der Waals surface area contributed by atoms with Crippen LogP contribution in [0.2, 0.25) is 0 Å². The van der Waals surface area contributed by atoms with Gasteiger partial charge in [-0.25, -0.2) is 0 Å². The normalized spacial score (nSPS) is 12.2. The summed E-state index contributed by atoms with van der Waals surface area (Å²) in [5.41, 5.74) is 1.20. The van der Waals surface area contributed by atoms with Crippen LogP contribution in [-0.2, 0) is 0 Å². The molecule has 0 aliphatic heterocycles. The average Bonchev–Trinajstić information content (AvgIpc) is 2.42. The van der Waals surface area contributed by atoms with Crippen LogP contribution >= 0.6 is 11.8 Å². The zero-order valence-corrected chi connectivity index (χ0v) is 12.5. The number of ether oxygens (including phenoxy) is 2. The van der Waals surface area contributed by atoms with E-state index in [4.69, 9.17) is 9.47 Å². The molecule has 0 heterocycles. The lowest BCUT2D eigenvalue weighted by Gasteiger charge is -2.15. The van der Waals surface area contributed by atoms with Gasteiger partial charge in [0.05, 0.1) is 13.7 Å². The fourth-order valence-electron chi connectivity index (χ4n) is 1.59. The number of benzene rings is 1. The monoisotopic (exact) mass is 269 g/mol. The molecule has 1 rings (SSSR count). The summed E-state index contributed by atoms with van der Waals surface area (Å²) in [6, 6.07) is 6.40. The van der Waals surface area contributed by atoms with Gasteiger partial charge in [0.15, 0.2) is 11.5 Å². The maximum absolute atomic E-state index is 5.73. The minimum atomic E-state index is 0.309. The van der Waals surface area contributed by atoms with Gasteiger partial charge >= 0.3 is 0 Å². The molecule has 1 aromatic carbocycles. The van der Waals surface area contributed by atoms with Crippen molar-refractivity contribution in [2.24, 2.45) is 0 Å². The van der Waals surface area contributed by atoms with Crippen LogP contribution in [0.25, 0.3) is 0 Å². The van der Waals surface area contributed by atoms with Crippen molar-refractivity contribution in [2.45, 2.75) is 19.9 Å². The average molecular weight is 269 g/mol. The Kier molecular flexibility index (Phi) is 6.98. The molecule has 1 unspecified atom stereocenters. The molecular formula is C14H23NO2S. The molecule has 0 bridgehead atoms. The van der Waals surface area contributed by atoms with Gasteiger partial charge in [-0.3, -0.25) is 0 Å². The lowest BCUT2D eigenvalue weighted by Crippen LogP contribution is -2.12. The molecule has 0 radical (unpaired) electrons. The van der Waals surface area contributed by atoms with E-state index in [-0.39, 0.29) is 0 Å². The van der Waals surface area contributed by atoms with Gasteiger partial charge in [-0.05, 0) is 37.4 Å². The Morgan fingerprint density at radius 2 is 2.11 bits per heavy atom. The van der Waals surface area contributed by atoms with Gasteiger partial charge in [-0.2, -0.15) is 11.8 Å². The molecule has 0 saturated carbocycles. The number of rotatable bonds is 8. The molecule has 0 spiro atoms. The highest BCUT2D eigenvalue weighted by Crippen LogP contribution is 2.30. The van der Waals surface area contributed by atoms with Gasteiger partial charge in [0.1, 0.15) is 0 Å². The van der Waals surface area contributed by atoms with E-state index in [2.05, 4.69) is 25.2 Å². The van der Waals surface area contributed by atoms with Crippen molar-refractivity contribution >= 4 is 11.8 Å². The molecule has 0 aromatic heterocycles. The fourth-order valence-corrected chi connectivity index (χ4v) is 2.08. The number of methoxy groups -OCH3 is 1. The van der Waals surface area contributed by atoms with Crippen molar-refractivity contribution in [1.29, 1.82) is 0 Å². The maximum atomic E-state index is 5.73. The zero-order chi connectivity index (χ0) is 13.4. The Bertz CT molecular complexity index is 358. The standard InChI is InChI=1S/C14H23NO2S/c1-5-18-9-8-17-13-7-6-12(11(2)15-3)10-14(13)16-4/h6-7,10-11,15H,5,8-9H2,1-4H3.